The molecule has 3 heteroatoms. The molecule has 0 aliphatic carbocycles. The molecule has 0 fully saturated rings. The Labute approximate surface area is 151 Å². The number of hydrogen-bond acceptors (Lipinski definition) is 0. The molecule has 0 bridgehead atoms. The van der Waals surface area contributed by atoms with Gasteiger partial charge in [0, 0.05) is 16.7 Å². The highest BCUT2D eigenvalue weighted by Gasteiger charge is 2.20. The summed E-state index contributed by atoms with van der Waals surface area (Å²) in [7, 11) is 13.9. The van der Waals surface area contributed by atoms with Gasteiger partial charge in [-0.2, -0.15) is 0 Å². The van der Waals surface area contributed by atoms with Gasteiger partial charge in [0.15, 0.2) is 0 Å². The third kappa shape index (κ3) is 6.92. The van der Waals surface area contributed by atoms with Gasteiger partial charge in [0.2, 0.25) is 0 Å². The van der Waals surface area contributed by atoms with E-state index in [1.165, 1.54) is 16.7 Å². The van der Waals surface area contributed by atoms with Gasteiger partial charge in [-0.1, -0.05) is 0 Å². The second-order valence-corrected chi connectivity index (χ2v) is 9.39. The summed E-state index contributed by atoms with van der Waals surface area (Å²) in [6, 6.07) is 7.34. The summed E-state index contributed by atoms with van der Waals surface area (Å²) in [5.74, 6) is 0. The molecule has 0 N–H and O–H groups in total. The maximum absolute atomic E-state index is 2.45. The maximum Gasteiger partial charge on any atom is 0.104 e. The van der Waals surface area contributed by atoms with E-state index in [1.807, 2.05) is 0 Å². The molecule has 3 nitrogen and oxygen atoms in total. The number of quaternary nitrogens is 3. The fourth-order valence-electron chi connectivity index (χ4n) is 2.93. The van der Waals surface area contributed by atoms with Crippen LogP contribution in [0.5, 0.6) is 0 Å². The molecule has 0 amide bonds. The Balaban J connectivity index is 3.18. The van der Waals surface area contributed by atoms with Crippen LogP contribution in [0.2, 0.25) is 0 Å². The lowest BCUT2D eigenvalue weighted by atomic mass is 10.0. The Morgan fingerprint density at radius 2 is 0.708 bits per heavy atom. The first-order valence-electron chi connectivity index (χ1n) is 9.49. The highest BCUT2D eigenvalue weighted by molar-refractivity contribution is 5.29. The highest BCUT2D eigenvalue weighted by Crippen LogP contribution is 2.20. The summed E-state index contributed by atoms with van der Waals surface area (Å²) in [4.78, 5) is 0. The minimum Gasteiger partial charge on any atom is -0.325 e. The van der Waals surface area contributed by atoms with E-state index in [-0.39, 0.29) is 0 Å². The number of nitrogens with zero attached hydrogens (tertiary/aromatic N) is 3. The molecule has 0 unspecified atom stereocenters. The molecular weight excluding hydrogens is 294 g/mol. The van der Waals surface area contributed by atoms with Crippen LogP contribution in [-0.2, 0) is 19.6 Å². The molecule has 0 heterocycles. The zero-order chi connectivity index (χ0) is 18.6. The first-order chi connectivity index (χ1) is 10.9. The zero-order valence-corrected chi connectivity index (χ0v) is 17.8. The molecule has 0 saturated heterocycles. The van der Waals surface area contributed by atoms with Crippen molar-refractivity contribution in [2.24, 2.45) is 0 Å². The van der Waals surface area contributed by atoms with Crippen LogP contribution in [0.15, 0.2) is 18.2 Å². The molecule has 0 aliphatic rings. The molecule has 138 valence electrons. The third-order valence-electron chi connectivity index (χ3n) is 5.51. The van der Waals surface area contributed by atoms with E-state index in [1.54, 1.807) is 0 Å². The van der Waals surface area contributed by atoms with E-state index in [0.717, 1.165) is 52.7 Å². The lowest BCUT2D eigenvalue weighted by Gasteiger charge is -2.32. The van der Waals surface area contributed by atoms with Gasteiger partial charge in [0.05, 0.1) is 61.9 Å². The SMILES string of the molecule is CC[N+](C)(C)Cc1cc(C[N+](C)(C)CC)cc(C[N+](C)(C)CC)c1. The lowest BCUT2D eigenvalue weighted by molar-refractivity contribution is -0.903. The van der Waals surface area contributed by atoms with Gasteiger partial charge in [-0.05, 0) is 39.0 Å². The van der Waals surface area contributed by atoms with Crippen molar-refractivity contribution < 1.29 is 13.4 Å². The molecule has 1 aromatic rings. The van der Waals surface area contributed by atoms with Crippen molar-refractivity contribution in [2.45, 2.75) is 40.4 Å². The predicted octanol–water partition coefficient (Wildman–Crippen LogP) is 3.48. The molecule has 1 rings (SSSR count). The van der Waals surface area contributed by atoms with Crippen LogP contribution < -0.4 is 0 Å². The molecule has 0 aromatic heterocycles. The predicted molar refractivity (Wildman–Crippen MR) is 106 cm³/mol. The average Bonchev–Trinajstić information content (AvgIpc) is 2.45. The van der Waals surface area contributed by atoms with Crippen molar-refractivity contribution in [3.8, 4) is 0 Å². The topological polar surface area (TPSA) is 0 Å². The number of hydrogen-bond donors (Lipinski definition) is 0. The molecule has 0 saturated carbocycles. The molecule has 0 atom stereocenters. The lowest BCUT2D eigenvalue weighted by Crippen LogP contribution is -2.40. The minimum atomic E-state index is 1.04. The summed E-state index contributed by atoms with van der Waals surface area (Å²) in [5.41, 5.74) is 4.46. The van der Waals surface area contributed by atoms with Crippen LogP contribution in [0, 0.1) is 0 Å². The Kier molecular flexibility index (Phi) is 7.04. The van der Waals surface area contributed by atoms with Crippen LogP contribution in [-0.4, -0.2) is 75.4 Å². The van der Waals surface area contributed by atoms with Crippen molar-refractivity contribution in [1.82, 2.24) is 0 Å². The van der Waals surface area contributed by atoms with Gasteiger partial charge in [-0.3, -0.25) is 0 Å². The molecule has 24 heavy (non-hydrogen) atoms. The third-order valence-corrected chi connectivity index (χ3v) is 5.51. The van der Waals surface area contributed by atoms with Crippen molar-refractivity contribution in [3.63, 3.8) is 0 Å². The largest absolute Gasteiger partial charge is 0.325 e. The molecular formula is C21H42N3+3. The van der Waals surface area contributed by atoms with E-state index >= 15 is 0 Å². The van der Waals surface area contributed by atoms with Gasteiger partial charge in [-0.25, -0.2) is 0 Å². The fourth-order valence-corrected chi connectivity index (χ4v) is 2.93. The van der Waals surface area contributed by atoms with Crippen LogP contribution >= 0.6 is 0 Å². The number of rotatable bonds is 9. The Morgan fingerprint density at radius 1 is 0.500 bits per heavy atom. The molecule has 0 radical (unpaired) electrons. The maximum atomic E-state index is 2.45. The van der Waals surface area contributed by atoms with E-state index in [2.05, 4.69) is 81.3 Å². The van der Waals surface area contributed by atoms with Gasteiger partial charge in [-0.15, -0.1) is 0 Å². The van der Waals surface area contributed by atoms with Gasteiger partial charge < -0.3 is 13.4 Å². The fraction of sp³-hybridized carbons (Fsp3) is 0.714. The average molecular weight is 337 g/mol. The number of benzene rings is 1. The van der Waals surface area contributed by atoms with Crippen molar-refractivity contribution in [1.29, 1.82) is 0 Å². The second kappa shape index (κ2) is 7.99. The Morgan fingerprint density at radius 3 is 0.875 bits per heavy atom. The van der Waals surface area contributed by atoms with Crippen molar-refractivity contribution in [3.05, 3.63) is 34.9 Å². The van der Waals surface area contributed by atoms with E-state index in [0.29, 0.717) is 0 Å². The standard InChI is InChI=1S/C21H42N3/c1-10-22(4,5)16-19-13-20(17-23(6,7)11-2)15-21(14-19)18-24(8,9)12-3/h13-15H,10-12,16-18H2,1-9H3/q+3. The van der Waals surface area contributed by atoms with E-state index in [9.17, 15) is 0 Å². The summed E-state index contributed by atoms with van der Waals surface area (Å²) in [5, 5.41) is 0. The normalized spacial score (nSPS) is 13.4. The summed E-state index contributed by atoms with van der Waals surface area (Å²) >= 11 is 0. The quantitative estimate of drug-likeness (QED) is 0.606. The first kappa shape index (κ1) is 21.1. The van der Waals surface area contributed by atoms with Gasteiger partial charge >= 0.3 is 0 Å². The van der Waals surface area contributed by atoms with Gasteiger partial charge in [0.25, 0.3) is 0 Å². The first-order valence-corrected chi connectivity index (χ1v) is 9.49. The van der Waals surface area contributed by atoms with Crippen LogP contribution in [0.25, 0.3) is 0 Å². The van der Waals surface area contributed by atoms with Crippen molar-refractivity contribution >= 4 is 0 Å². The smallest absolute Gasteiger partial charge is 0.104 e. The Bertz CT molecular complexity index is 441. The summed E-state index contributed by atoms with van der Waals surface area (Å²) in [6.07, 6.45) is 0. The van der Waals surface area contributed by atoms with E-state index < -0.39 is 0 Å². The highest BCUT2D eigenvalue weighted by atomic mass is 15.3. The van der Waals surface area contributed by atoms with Crippen LogP contribution in [0.4, 0.5) is 0 Å². The van der Waals surface area contributed by atoms with Crippen LogP contribution in [0.3, 0.4) is 0 Å². The van der Waals surface area contributed by atoms with Gasteiger partial charge in [0.1, 0.15) is 19.6 Å². The van der Waals surface area contributed by atoms with Crippen molar-refractivity contribution in [2.75, 3.05) is 61.9 Å². The Hall–Kier alpha value is -0.900. The van der Waals surface area contributed by atoms with Crippen LogP contribution in [0.1, 0.15) is 37.5 Å². The second-order valence-electron chi connectivity index (χ2n) is 9.39. The summed E-state index contributed by atoms with van der Waals surface area (Å²) < 4.78 is 3.13. The minimum absolute atomic E-state index is 1.04. The molecule has 1 aromatic carbocycles. The summed E-state index contributed by atoms with van der Waals surface area (Å²) in [6.45, 7) is 13.6. The van der Waals surface area contributed by atoms with E-state index in [4.69, 9.17) is 0 Å². The monoisotopic (exact) mass is 336 g/mol. The zero-order valence-electron chi connectivity index (χ0n) is 17.8. The molecule has 0 spiro atoms. The molecule has 0 aliphatic heterocycles.